The number of nitrogens with zero attached hydrogens (tertiary/aromatic N) is 1. The van der Waals surface area contributed by atoms with Gasteiger partial charge in [-0.2, -0.15) is 13.2 Å². The third-order valence-corrected chi connectivity index (χ3v) is 7.54. The number of carboxylic acids is 1. The largest absolute Gasteiger partial charge is 0.493 e. The van der Waals surface area contributed by atoms with Crippen molar-refractivity contribution in [1.29, 1.82) is 0 Å². The van der Waals surface area contributed by atoms with Gasteiger partial charge >= 0.3 is 12.1 Å². The second-order valence-electron chi connectivity index (χ2n) is 9.81. The van der Waals surface area contributed by atoms with E-state index in [1.165, 1.54) is 18.2 Å². The van der Waals surface area contributed by atoms with Gasteiger partial charge in [0.25, 0.3) is 0 Å². The van der Waals surface area contributed by atoms with E-state index in [1.54, 1.807) is 18.2 Å². The summed E-state index contributed by atoms with van der Waals surface area (Å²) in [6, 6.07) is 13.0. The molecule has 0 aliphatic rings. The zero-order valence-electron chi connectivity index (χ0n) is 22.4. The number of sulfone groups is 1. The Morgan fingerprint density at radius 2 is 1.73 bits per heavy atom. The lowest BCUT2D eigenvalue weighted by molar-refractivity contribution is -0.138. The van der Waals surface area contributed by atoms with Crippen molar-refractivity contribution in [2.45, 2.75) is 43.3 Å². The van der Waals surface area contributed by atoms with Crippen LogP contribution in [0.1, 0.15) is 41.5 Å². The van der Waals surface area contributed by atoms with E-state index in [0.29, 0.717) is 25.1 Å². The number of carboxylic acid groups (broad SMARTS) is 1. The van der Waals surface area contributed by atoms with Gasteiger partial charge < -0.3 is 9.84 Å². The van der Waals surface area contributed by atoms with E-state index in [1.807, 2.05) is 11.8 Å². The molecular formula is C29H30F5NO5S. The summed E-state index contributed by atoms with van der Waals surface area (Å²) in [5.41, 5.74) is 0.0668. The molecule has 1 unspecified atom stereocenters. The first-order valence-corrected chi connectivity index (χ1v) is 14.5. The molecule has 12 heteroatoms. The smallest absolute Gasteiger partial charge is 0.416 e. The van der Waals surface area contributed by atoms with Crippen molar-refractivity contribution < 1.29 is 45.0 Å². The van der Waals surface area contributed by atoms with Gasteiger partial charge in [0.15, 0.2) is 9.84 Å². The first-order chi connectivity index (χ1) is 19.1. The molecular weight excluding hydrogens is 569 g/mol. The number of alkyl halides is 3. The lowest BCUT2D eigenvalue weighted by Gasteiger charge is -2.26. The molecule has 0 saturated heterocycles. The molecule has 6 nitrogen and oxygen atoms in total. The highest BCUT2D eigenvalue weighted by Gasteiger charge is 2.30. The third kappa shape index (κ3) is 9.53. The Balaban J connectivity index is 1.74. The highest BCUT2D eigenvalue weighted by Crippen LogP contribution is 2.30. The Bertz CT molecular complexity index is 1460. The average Bonchev–Trinajstić information content (AvgIpc) is 2.87. The molecule has 3 aromatic carbocycles. The van der Waals surface area contributed by atoms with Crippen LogP contribution in [0.25, 0.3) is 0 Å². The molecule has 0 amide bonds. The van der Waals surface area contributed by atoms with Crippen molar-refractivity contribution in [1.82, 2.24) is 4.90 Å². The van der Waals surface area contributed by atoms with Crippen molar-refractivity contribution >= 4 is 15.8 Å². The SMILES string of the molecule is CC(CN(CCCOc1cc(F)c(CC(=O)O)c(S(C)(=O)=O)c1)Cc1cccc(C(F)(F)F)c1)c1ccc(F)cc1. The molecule has 0 aromatic heterocycles. The average molecular weight is 600 g/mol. The monoisotopic (exact) mass is 599 g/mol. The Labute approximate surface area is 235 Å². The third-order valence-electron chi connectivity index (χ3n) is 6.37. The summed E-state index contributed by atoms with van der Waals surface area (Å²) in [7, 11) is -3.95. The van der Waals surface area contributed by atoms with E-state index in [0.717, 1.165) is 36.1 Å². The fraction of sp³-hybridized carbons (Fsp3) is 0.345. The minimum atomic E-state index is -4.49. The maximum atomic E-state index is 14.6. The lowest BCUT2D eigenvalue weighted by Crippen LogP contribution is -2.29. The number of carbonyl (C=O) groups is 1. The summed E-state index contributed by atoms with van der Waals surface area (Å²) in [5, 5.41) is 9.01. The maximum absolute atomic E-state index is 14.6. The summed E-state index contributed by atoms with van der Waals surface area (Å²) in [6.07, 6.45) is -4.12. The number of hydrogen-bond donors (Lipinski definition) is 1. The standard InChI is InChI=1S/C29H30F5NO5S/c1-19(21-7-9-23(30)10-8-21)17-35(18-20-5-3-6-22(13-20)29(32,33)34)11-4-12-40-24-14-26(31)25(16-28(36)37)27(15-24)41(2,38)39/h3,5-10,13-15,19H,4,11-12,16-18H2,1-2H3,(H,36,37). The summed E-state index contributed by atoms with van der Waals surface area (Å²) >= 11 is 0. The first kappa shape index (κ1) is 32.0. The molecule has 222 valence electrons. The number of hydrogen-bond acceptors (Lipinski definition) is 5. The molecule has 0 aliphatic heterocycles. The van der Waals surface area contributed by atoms with Crippen molar-refractivity contribution in [3.05, 3.63) is 94.6 Å². The van der Waals surface area contributed by atoms with Crippen LogP contribution < -0.4 is 4.74 Å². The van der Waals surface area contributed by atoms with Gasteiger partial charge in [0, 0.05) is 37.5 Å². The highest BCUT2D eigenvalue weighted by molar-refractivity contribution is 7.90. The van der Waals surface area contributed by atoms with Crippen LogP contribution >= 0.6 is 0 Å². The predicted octanol–water partition coefficient (Wildman–Crippen LogP) is 6.09. The second kappa shape index (κ2) is 13.4. The fourth-order valence-corrected chi connectivity index (χ4v) is 5.37. The van der Waals surface area contributed by atoms with E-state index >= 15 is 0 Å². The summed E-state index contributed by atoms with van der Waals surface area (Å²) in [5.74, 6) is -2.98. The molecule has 41 heavy (non-hydrogen) atoms. The van der Waals surface area contributed by atoms with Crippen LogP contribution in [0.4, 0.5) is 22.0 Å². The van der Waals surface area contributed by atoms with Gasteiger partial charge in [-0.05, 0) is 47.7 Å². The van der Waals surface area contributed by atoms with Crippen LogP contribution in [0, 0.1) is 11.6 Å². The minimum absolute atomic E-state index is 0.0188. The van der Waals surface area contributed by atoms with Crippen LogP contribution in [0.3, 0.4) is 0 Å². The predicted molar refractivity (Wildman–Crippen MR) is 142 cm³/mol. The van der Waals surface area contributed by atoms with E-state index in [2.05, 4.69) is 0 Å². The van der Waals surface area contributed by atoms with Crippen LogP contribution in [0.15, 0.2) is 65.6 Å². The van der Waals surface area contributed by atoms with Crippen molar-refractivity contribution in [2.24, 2.45) is 0 Å². The van der Waals surface area contributed by atoms with Gasteiger partial charge in [-0.3, -0.25) is 9.69 Å². The second-order valence-corrected chi connectivity index (χ2v) is 11.8. The van der Waals surface area contributed by atoms with Gasteiger partial charge in [-0.15, -0.1) is 0 Å². The van der Waals surface area contributed by atoms with Gasteiger partial charge in [0.05, 0.1) is 23.5 Å². The molecule has 3 aromatic rings. The molecule has 3 rings (SSSR count). The molecule has 0 aliphatic carbocycles. The number of aliphatic carboxylic acids is 1. The van der Waals surface area contributed by atoms with Crippen molar-refractivity contribution in [3.8, 4) is 5.75 Å². The number of ether oxygens (including phenoxy) is 1. The summed E-state index contributed by atoms with van der Waals surface area (Å²) in [4.78, 5) is 12.5. The molecule has 0 heterocycles. The summed E-state index contributed by atoms with van der Waals surface area (Å²) < 4.78 is 97.6. The molecule has 0 fully saturated rings. The quantitative estimate of drug-likeness (QED) is 0.189. The van der Waals surface area contributed by atoms with Crippen LogP contribution in [0.5, 0.6) is 5.75 Å². The Hall–Kier alpha value is -3.51. The fourth-order valence-electron chi connectivity index (χ4n) is 4.43. The maximum Gasteiger partial charge on any atom is 0.416 e. The zero-order valence-corrected chi connectivity index (χ0v) is 23.2. The zero-order chi connectivity index (χ0) is 30.4. The minimum Gasteiger partial charge on any atom is -0.493 e. The van der Waals surface area contributed by atoms with E-state index < -0.39 is 50.2 Å². The first-order valence-electron chi connectivity index (χ1n) is 12.6. The van der Waals surface area contributed by atoms with Crippen molar-refractivity contribution in [2.75, 3.05) is 26.0 Å². The Morgan fingerprint density at radius 1 is 1.05 bits per heavy atom. The lowest BCUT2D eigenvalue weighted by atomic mass is 10.00. The molecule has 0 saturated carbocycles. The van der Waals surface area contributed by atoms with E-state index in [9.17, 15) is 35.2 Å². The normalized spacial score (nSPS) is 12.9. The van der Waals surface area contributed by atoms with Crippen LogP contribution in [0.2, 0.25) is 0 Å². The number of rotatable bonds is 13. The van der Waals surface area contributed by atoms with Gasteiger partial charge in [0.2, 0.25) is 0 Å². The molecule has 1 atom stereocenters. The van der Waals surface area contributed by atoms with Gasteiger partial charge in [0.1, 0.15) is 17.4 Å². The van der Waals surface area contributed by atoms with E-state index in [4.69, 9.17) is 9.84 Å². The number of benzene rings is 3. The molecule has 0 radical (unpaired) electrons. The van der Waals surface area contributed by atoms with Crippen LogP contribution in [-0.2, 0) is 33.8 Å². The van der Waals surface area contributed by atoms with Crippen LogP contribution in [-0.4, -0.2) is 50.3 Å². The molecule has 0 spiro atoms. The molecule has 1 N–H and O–H groups in total. The summed E-state index contributed by atoms with van der Waals surface area (Å²) in [6.45, 7) is 2.91. The Kier molecular flexibility index (Phi) is 10.5. The number of halogens is 5. The van der Waals surface area contributed by atoms with Crippen molar-refractivity contribution in [3.63, 3.8) is 0 Å². The topological polar surface area (TPSA) is 83.9 Å². The van der Waals surface area contributed by atoms with Gasteiger partial charge in [-0.1, -0.05) is 37.3 Å². The highest BCUT2D eigenvalue weighted by atomic mass is 32.2. The molecule has 0 bridgehead atoms. The Morgan fingerprint density at radius 3 is 2.34 bits per heavy atom. The van der Waals surface area contributed by atoms with Gasteiger partial charge in [-0.25, -0.2) is 17.2 Å². The van der Waals surface area contributed by atoms with E-state index in [-0.39, 0.29) is 30.6 Å².